The summed E-state index contributed by atoms with van der Waals surface area (Å²) in [5, 5.41) is 8.95. The molecule has 0 aliphatic carbocycles. The van der Waals surface area contributed by atoms with Crippen LogP contribution in [0.3, 0.4) is 0 Å². The number of aryl methyl sites for hydroxylation is 2. The molecule has 8 nitrogen and oxygen atoms in total. The molecule has 0 bridgehead atoms. The number of thiophene rings is 1. The van der Waals surface area contributed by atoms with Crippen LogP contribution < -0.4 is 11.0 Å². The highest BCUT2D eigenvalue weighted by molar-refractivity contribution is 7.10. The fourth-order valence-corrected chi connectivity index (χ4v) is 4.57. The van der Waals surface area contributed by atoms with Gasteiger partial charge < -0.3 is 9.84 Å². The van der Waals surface area contributed by atoms with Gasteiger partial charge >= 0.3 is 5.69 Å². The molecule has 9 heteroatoms. The number of amides is 1. The number of benzene rings is 1. The summed E-state index contributed by atoms with van der Waals surface area (Å²) < 4.78 is 8.29. The quantitative estimate of drug-likeness (QED) is 0.476. The van der Waals surface area contributed by atoms with Crippen molar-refractivity contribution in [1.82, 2.24) is 24.6 Å². The third kappa shape index (κ3) is 4.18. The molecule has 3 heterocycles. The van der Waals surface area contributed by atoms with Crippen molar-refractivity contribution in [3.63, 3.8) is 0 Å². The van der Waals surface area contributed by atoms with Crippen LogP contribution in [-0.4, -0.2) is 31.7 Å². The molecule has 0 aliphatic rings. The van der Waals surface area contributed by atoms with Gasteiger partial charge in [-0.15, -0.1) is 11.3 Å². The second-order valence-corrected chi connectivity index (χ2v) is 8.80. The summed E-state index contributed by atoms with van der Waals surface area (Å²) in [7, 11) is 0. The van der Waals surface area contributed by atoms with E-state index in [0.717, 1.165) is 17.5 Å². The predicted octanol–water partition coefficient (Wildman–Crippen LogP) is 3.47. The zero-order valence-electron chi connectivity index (χ0n) is 18.0. The number of nitrogens with one attached hydrogen (secondary N) is 1. The van der Waals surface area contributed by atoms with E-state index in [-0.39, 0.29) is 24.2 Å². The van der Waals surface area contributed by atoms with Gasteiger partial charge in [0.25, 0.3) is 0 Å². The van der Waals surface area contributed by atoms with Gasteiger partial charge in [-0.2, -0.15) is 4.98 Å². The molecule has 0 spiro atoms. The van der Waals surface area contributed by atoms with Gasteiger partial charge in [-0.3, -0.25) is 13.9 Å². The number of nitrogens with zero attached hydrogens (tertiary/aromatic N) is 4. The molecule has 0 aliphatic heterocycles. The maximum atomic E-state index is 13.1. The molecule has 162 valence electrons. The molecule has 0 atom stereocenters. The minimum Gasteiger partial charge on any atom is -0.354 e. The number of carbonyl (C=O) groups is 1. The fourth-order valence-electron chi connectivity index (χ4n) is 3.66. The average molecular weight is 440 g/mol. The Hall–Kier alpha value is -3.20. The van der Waals surface area contributed by atoms with Crippen LogP contribution in [0, 0.1) is 13.8 Å². The van der Waals surface area contributed by atoms with E-state index in [1.807, 2.05) is 32.0 Å². The van der Waals surface area contributed by atoms with E-state index >= 15 is 0 Å². The Balaban J connectivity index is 1.62. The zero-order valence-corrected chi connectivity index (χ0v) is 18.8. The smallest absolute Gasteiger partial charge is 0.329 e. The van der Waals surface area contributed by atoms with E-state index in [1.54, 1.807) is 22.8 Å². The van der Waals surface area contributed by atoms with Crippen LogP contribution in [-0.2, 0) is 17.8 Å². The Morgan fingerprint density at radius 1 is 1.23 bits per heavy atom. The normalized spacial score (nSPS) is 11.5. The number of rotatable bonds is 7. The van der Waals surface area contributed by atoms with Crippen molar-refractivity contribution in [3.8, 4) is 11.4 Å². The summed E-state index contributed by atoms with van der Waals surface area (Å²) in [5.74, 6) is 0.721. The first kappa shape index (κ1) is 21.0. The van der Waals surface area contributed by atoms with E-state index < -0.39 is 0 Å². The van der Waals surface area contributed by atoms with Crippen molar-refractivity contribution >= 4 is 28.3 Å². The van der Waals surface area contributed by atoms with Gasteiger partial charge in [-0.05, 0) is 62.4 Å². The molecule has 1 aromatic carbocycles. The van der Waals surface area contributed by atoms with E-state index in [1.165, 1.54) is 15.0 Å². The lowest BCUT2D eigenvalue weighted by Crippen LogP contribution is -2.34. The van der Waals surface area contributed by atoms with Gasteiger partial charge in [0.15, 0.2) is 0 Å². The van der Waals surface area contributed by atoms with Crippen LogP contribution in [0.1, 0.15) is 36.2 Å². The lowest BCUT2D eigenvalue weighted by molar-refractivity contribution is -0.121. The number of fused-ring (bicyclic) bond motifs is 1. The molecule has 0 fully saturated rings. The Kier molecular flexibility index (Phi) is 5.77. The van der Waals surface area contributed by atoms with E-state index in [0.29, 0.717) is 23.8 Å². The minimum atomic E-state index is -0.212. The Morgan fingerprint density at radius 2 is 2.03 bits per heavy atom. The summed E-state index contributed by atoms with van der Waals surface area (Å²) in [6.07, 6.45) is 0.777. The Morgan fingerprint density at radius 3 is 2.68 bits per heavy atom. The molecule has 0 saturated heterocycles. The Labute approximate surface area is 183 Å². The average Bonchev–Trinajstić information content (AvgIpc) is 3.40. The van der Waals surface area contributed by atoms with Crippen LogP contribution in [0.25, 0.3) is 22.4 Å². The van der Waals surface area contributed by atoms with Gasteiger partial charge in [0.1, 0.15) is 6.54 Å². The van der Waals surface area contributed by atoms with Crippen molar-refractivity contribution in [1.29, 1.82) is 0 Å². The second-order valence-electron chi connectivity index (χ2n) is 7.80. The Bertz CT molecular complexity index is 1290. The van der Waals surface area contributed by atoms with Gasteiger partial charge in [0.05, 0.1) is 11.0 Å². The lowest BCUT2D eigenvalue weighted by atomic mass is 10.2. The van der Waals surface area contributed by atoms with E-state index in [4.69, 9.17) is 4.52 Å². The summed E-state index contributed by atoms with van der Waals surface area (Å²) in [4.78, 5) is 31.3. The largest absolute Gasteiger partial charge is 0.354 e. The van der Waals surface area contributed by atoms with Crippen LogP contribution in [0.15, 0.2) is 39.0 Å². The van der Waals surface area contributed by atoms with Crippen molar-refractivity contribution in [2.75, 3.05) is 6.54 Å². The molecule has 0 radical (unpaired) electrons. The topological polar surface area (TPSA) is 95.0 Å². The van der Waals surface area contributed by atoms with Crippen LogP contribution >= 0.6 is 11.3 Å². The highest BCUT2D eigenvalue weighted by Gasteiger charge is 2.19. The van der Waals surface area contributed by atoms with E-state index in [9.17, 15) is 9.59 Å². The third-order valence-electron chi connectivity index (χ3n) is 5.21. The maximum Gasteiger partial charge on any atom is 0.329 e. The van der Waals surface area contributed by atoms with Gasteiger partial charge in [-0.1, -0.05) is 5.16 Å². The van der Waals surface area contributed by atoms with Crippen molar-refractivity contribution in [2.45, 2.75) is 46.7 Å². The number of hydrogen-bond acceptors (Lipinski definition) is 6. The summed E-state index contributed by atoms with van der Waals surface area (Å²) in [6.45, 7) is 8.17. The standard InChI is InChI=1S/C22H25N5O3S/c1-13(2)27-17-6-5-16(21-24-15(4)30-25-21)11-18(17)26(22(27)29)12-20(28)23-9-7-19-14(3)8-10-31-19/h5-6,8,10-11,13H,7,9,12H2,1-4H3,(H,23,28). The van der Waals surface area contributed by atoms with Crippen molar-refractivity contribution in [2.24, 2.45) is 0 Å². The highest BCUT2D eigenvalue weighted by Crippen LogP contribution is 2.24. The number of aromatic nitrogens is 4. The van der Waals surface area contributed by atoms with E-state index in [2.05, 4.69) is 33.8 Å². The first-order valence-electron chi connectivity index (χ1n) is 10.2. The number of carbonyl (C=O) groups excluding carboxylic acids is 1. The molecule has 1 amide bonds. The first-order valence-corrected chi connectivity index (χ1v) is 11.1. The number of imidazole rings is 1. The van der Waals surface area contributed by atoms with Gasteiger partial charge in [-0.25, -0.2) is 4.79 Å². The molecule has 0 saturated carbocycles. The third-order valence-corrected chi connectivity index (χ3v) is 6.29. The fraction of sp³-hybridized carbons (Fsp3) is 0.364. The molecular formula is C22H25N5O3S. The molecule has 3 aromatic heterocycles. The zero-order chi connectivity index (χ0) is 22.1. The van der Waals surface area contributed by atoms with Crippen LogP contribution in [0.4, 0.5) is 0 Å². The molecule has 0 unspecified atom stereocenters. The molecule has 4 rings (SSSR count). The van der Waals surface area contributed by atoms with Crippen LogP contribution in [0.5, 0.6) is 0 Å². The molecule has 4 aromatic rings. The maximum absolute atomic E-state index is 13.1. The number of hydrogen-bond donors (Lipinski definition) is 1. The first-order chi connectivity index (χ1) is 14.8. The SMILES string of the molecule is Cc1nc(-c2ccc3c(c2)n(CC(=O)NCCc2sccc2C)c(=O)n3C(C)C)no1. The second kappa shape index (κ2) is 8.50. The molecule has 1 N–H and O–H groups in total. The summed E-state index contributed by atoms with van der Waals surface area (Å²) in [5.41, 5.74) is 3.19. The van der Waals surface area contributed by atoms with Crippen molar-refractivity contribution < 1.29 is 9.32 Å². The minimum absolute atomic E-state index is 0.0422. The van der Waals surface area contributed by atoms with Crippen molar-refractivity contribution in [3.05, 3.63) is 56.5 Å². The predicted molar refractivity (Wildman–Crippen MR) is 120 cm³/mol. The van der Waals surface area contributed by atoms with Gasteiger partial charge in [0, 0.05) is 30.0 Å². The summed E-state index contributed by atoms with van der Waals surface area (Å²) in [6, 6.07) is 7.59. The molecular weight excluding hydrogens is 414 g/mol. The summed E-state index contributed by atoms with van der Waals surface area (Å²) >= 11 is 1.69. The monoisotopic (exact) mass is 439 g/mol. The van der Waals surface area contributed by atoms with Gasteiger partial charge in [0.2, 0.25) is 17.6 Å². The molecule has 31 heavy (non-hydrogen) atoms. The highest BCUT2D eigenvalue weighted by atomic mass is 32.1. The lowest BCUT2D eigenvalue weighted by Gasteiger charge is -2.07. The van der Waals surface area contributed by atoms with Crippen LogP contribution in [0.2, 0.25) is 0 Å².